The van der Waals surface area contributed by atoms with Crippen molar-refractivity contribution in [3.63, 3.8) is 0 Å². The number of nitrogens with zero attached hydrogens (tertiary/aromatic N) is 2. The summed E-state index contributed by atoms with van der Waals surface area (Å²) in [5.41, 5.74) is 2.63. The van der Waals surface area contributed by atoms with Crippen molar-refractivity contribution in [2.24, 2.45) is 0 Å². The Morgan fingerprint density at radius 2 is 2.11 bits per heavy atom. The molecule has 0 saturated heterocycles. The van der Waals surface area contributed by atoms with E-state index in [-0.39, 0.29) is 23.9 Å². The SMILES string of the molecule is CCCc1ccc(C(O)=C2CCc3nc(CC(=O)NCC)sc3C2=O)cn1. The topological polar surface area (TPSA) is 92.2 Å². The van der Waals surface area contributed by atoms with E-state index in [2.05, 4.69) is 22.2 Å². The average molecular weight is 385 g/mol. The highest BCUT2D eigenvalue weighted by Gasteiger charge is 2.29. The van der Waals surface area contributed by atoms with Crippen molar-refractivity contribution in [2.75, 3.05) is 6.54 Å². The maximum absolute atomic E-state index is 12.9. The summed E-state index contributed by atoms with van der Waals surface area (Å²) in [5, 5.41) is 14.0. The van der Waals surface area contributed by atoms with E-state index in [0.717, 1.165) is 24.2 Å². The number of hydrogen-bond donors (Lipinski definition) is 2. The molecule has 0 fully saturated rings. The summed E-state index contributed by atoms with van der Waals surface area (Å²) in [6, 6.07) is 3.68. The van der Waals surface area contributed by atoms with Crippen LogP contribution in [0.25, 0.3) is 5.76 Å². The minimum atomic E-state index is -0.203. The third-order valence-corrected chi connectivity index (χ3v) is 5.51. The van der Waals surface area contributed by atoms with E-state index in [9.17, 15) is 14.7 Å². The van der Waals surface area contributed by atoms with Crippen LogP contribution in [0, 0.1) is 0 Å². The Hall–Kier alpha value is -2.54. The van der Waals surface area contributed by atoms with E-state index in [0.29, 0.717) is 40.4 Å². The smallest absolute Gasteiger partial charge is 0.226 e. The highest BCUT2D eigenvalue weighted by atomic mass is 32.1. The predicted molar refractivity (Wildman–Crippen MR) is 105 cm³/mol. The Morgan fingerprint density at radius 3 is 2.78 bits per heavy atom. The number of hydrogen-bond acceptors (Lipinski definition) is 6. The number of rotatable bonds is 6. The first kappa shape index (κ1) is 19.2. The lowest BCUT2D eigenvalue weighted by Crippen LogP contribution is -2.24. The van der Waals surface area contributed by atoms with E-state index >= 15 is 0 Å². The quantitative estimate of drug-likeness (QED) is 0.588. The van der Waals surface area contributed by atoms with E-state index < -0.39 is 0 Å². The van der Waals surface area contributed by atoms with Crippen molar-refractivity contribution < 1.29 is 14.7 Å². The molecule has 0 bridgehead atoms. The molecule has 0 unspecified atom stereocenters. The number of aromatic nitrogens is 2. The number of nitrogens with one attached hydrogen (secondary N) is 1. The molecule has 0 aromatic carbocycles. The number of fused-ring (bicyclic) bond motifs is 1. The van der Waals surface area contributed by atoms with Gasteiger partial charge in [0.2, 0.25) is 11.7 Å². The number of ketones is 1. The van der Waals surface area contributed by atoms with Crippen LogP contribution in [0.15, 0.2) is 23.9 Å². The van der Waals surface area contributed by atoms with E-state index in [1.54, 1.807) is 12.3 Å². The summed E-state index contributed by atoms with van der Waals surface area (Å²) in [6.07, 6.45) is 4.68. The van der Waals surface area contributed by atoms with Gasteiger partial charge in [0.15, 0.2) is 0 Å². The number of aryl methyl sites for hydroxylation is 2. The molecule has 0 atom stereocenters. The van der Waals surface area contributed by atoms with Crippen LogP contribution in [-0.2, 0) is 24.1 Å². The molecule has 3 rings (SSSR count). The Kier molecular flexibility index (Phi) is 6.01. The molecule has 2 N–H and O–H groups in total. The number of aliphatic hydroxyl groups is 1. The lowest BCUT2D eigenvalue weighted by atomic mass is 9.93. The zero-order valence-electron chi connectivity index (χ0n) is 15.5. The maximum atomic E-state index is 12.9. The molecule has 2 aromatic rings. The Morgan fingerprint density at radius 1 is 1.30 bits per heavy atom. The Balaban J connectivity index is 1.83. The minimum Gasteiger partial charge on any atom is -0.507 e. The molecule has 142 valence electrons. The second-order valence-corrected chi connectivity index (χ2v) is 7.54. The lowest BCUT2D eigenvalue weighted by molar-refractivity contribution is -0.120. The van der Waals surface area contributed by atoms with Crippen LogP contribution >= 0.6 is 11.3 Å². The number of pyridine rings is 1. The van der Waals surface area contributed by atoms with Crippen molar-refractivity contribution in [2.45, 2.75) is 46.0 Å². The number of aliphatic hydroxyl groups excluding tert-OH is 1. The second kappa shape index (κ2) is 8.43. The Bertz CT molecular complexity index is 884. The van der Waals surface area contributed by atoms with Crippen LogP contribution in [0.2, 0.25) is 0 Å². The van der Waals surface area contributed by atoms with Gasteiger partial charge in [-0.2, -0.15) is 0 Å². The summed E-state index contributed by atoms with van der Waals surface area (Å²) in [7, 11) is 0. The third-order valence-electron chi connectivity index (χ3n) is 4.41. The van der Waals surface area contributed by atoms with Crippen LogP contribution < -0.4 is 5.32 Å². The minimum absolute atomic E-state index is 0.0140. The summed E-state index contributed by atoms with van der Waals surface area (Å²) in [4.78, 5) is 33.9. The number of carbonyl (C=O) groups excluding carboxylic acids is 2. The van der Waals surface area contributed by atoms with Crippen LogP contribution in [0.1, 0.15) is 58.3 Å². The summed E-state index contributed by atoms with van der Waals surface area (Å²) >= 11 is 1.24. The van der Waals surface area contributed by atoms with Crippen LogP contribution in [0.5, 0.6) is 0 Å². The zero-order valence-corrected chi connectivity index (χ0v) is 16.4. The number of thiazole rings is 1. The summed E-state index contributed by atoms with van der Waals surface area (Å²) in [6.45, 7) is 4.51. The monoisotopic (exact) mass is 385 g/mol. The van der Waals surface area contributed by atoms with Gasteiger partial charge >= 0.3 is 0 Å². The first-order valence-electron chi connectivity index (χ1n) is 9.20. The van der Waals surface area contributed by atoms with Crippen molar-refractivity contribution in [1.82, 2.24) is 15.3 Å². The van der Waals surface area contributed by atoms with E-state index in [1.807, 2.05) is 13.0 Å². The summed E-state index contributed by atoms with van der Waals surface area (Å²) in [5.74, 6) is -0.321. The average Bonchev–Trinajstić information content (AvgIpc) is 3.06. The molecular formula is C20H23N3O3S. The summed E-state index contributed by atoms with van der Waals surface area (Å²) < 4.78 is 0. The lowest BCUT2D eigenvalue weighted by Gasteiger charge is -2.14. The van der Waals surface area contributed by atoms with Crippen molar-refractivity contribution in [3.05, 3.63) is 50.7 Å². The van der Waals surface area contributed by atoms with Crippen LogP contribution in [0.3, 0.4) is 0 Å². The molecule has 27 heavy (non-hydrogen) atoms. The van der Waals surface area contributed by atoms with Crippen molar-refractivity contribution >= 4 is 28.8 Å². The van der Waals surface area contributed by atoms with Gasteiger partial charge < -0.3 is 10.4 Å². The van der Waals surface area contributed by atoms with Gasteiger partial charge in [0.05, 0.1) is 17.0 Å². The van der Waals surface area contributed by atoms with Crippen molar-refractivity contribution in [1.29, 1.82) is 0 Å². The van der Waals surface area contributed by atoms with Gasteiger partial charge in [-0.3, -0.25) is 14.6 Å². The fourth-order valence-electron chi connectivity index (χ4n) is 3.08. The number of carbonyl (C=O) groups is 2. The van der Waals surface area contributed by atoms with Gasteiger partial charge in [-0.05, 0) is 38.3 Å². The van der Waals surface area contributed by atoms with Crippen LogP contribution in [0.4, 0.5) is 0 Å². The standard InChI is InChI=1S/C20H23N3O3S/c1-3-5-13-7-6-12(11-22-13)18(25)14-8-9-15-20(19(14)26)27-17(23-15)10-16(24)21-4-2/h6-7,11,25H,3-5,8-10H2,1-2H3,(H,21,24). The molecule has 2 aromatic heterocycles. The predicted octanol–water partition coefficient (Wildman–Crippen LogP) is 3.27. The largest absolute Gasteiger partial charge is 0.507 e. The fourth-order valence-corrected chi connectivity index (χ4v) is 4.16. The molecule has 2 heterocycles. The van der Waals surface area contributed by atoms with Crippen molar-refractivity contribution in [3.8, 4) is 0 Å². The van der Waals surface area contributed by atoms with Crippen LogP contribution in [-0.4, -0.2) is 33.3 Å². The highest BCUT2D eigenvalue weighted by molar-refractivity contribution is 7.14. The number of Topliss-reactive ketones (excluding diaryl/α,β-unsaturated/α-hetero) is 1. The van der Waals surface area contributed by atoms with E-state index in [4.69, 9.17) is 0 Å². The molecule has 0 aliphatic heterocycles. The molecule has 0 saturated carbocycles. The molecular weight excluding hydrogens is 362 g/mol. The first-order chi connectivity index (χ1) is 13.0. The van der Waals surface area contributed by atoms with Gasteiger partial charge in [-0.1, -0.05) is 13.3 Å². The Labute approximate surface area is 162 Å². The third kappa shape index (κ3) is 4.24. The molecule has 1 aliphatic rings. The van der Waals surface area contributed by atoms with E-state index in [1.165, 1.54) is 11.3 Å². The first-order valence-corrected chi connectivity index (χ1v) is 10.0. The maximum Gasteiger partial charge on any atom is 0.226 e. The molecule has 1 aliphatic carbocycles. The zero-order chi connectivity index (χ0) is 19.4. The number of allylic oxidation sites excluding steroid dienone is 1. The second-order valence-electron chi connectivity index (χ2n) is 6.46. The number of likely N-dealkylation sites (N-methyl/N-ethyl adjacent to an activating group) is 1. The highest BCUT2D eigenvalue weighted by Crippen LogP contribution is 2.33. The molecule has 7 heteroatoms. The van der Waals surface area contributed by atoms with Gasteiger partial charge in [0.1, 0.15) is 10.8 Å². The van der Waals surface area contributed by atoms with Gasteiger partial charge in [0, 0.05) is 29.6 Å². The van der Waals surface area contributed by atoms with Gasteiger partial charge in [-0.25, -0.2) is 4.98 Å². The fraction of sp³-hybridized carbons (Fsp3) is 0.400. The molecule has 0 spiro atoms. The van der Waals surface area contributed by atoms with Gasteiger partial charge in [-0.15, -0.1) is 11.3 Å². The molecule has 1 amide bonds. The van der Waals surface area contributed by atoms with Gasteiger partial charge in [0.25, 0.3) is 0 Å². The molecule has 6 nitrogen and oxygen atoms in total. The number of amides is 1. The molecule has 0 radical (unpaired) electrons. The normalized spacial score (nSPS) is 15.4.